The van der Waals surface area contributed by atoms with E-state index in [9.17, 15) is 14.4 Å². The van der Waals surface area contributed by atoms with Crippen molar-refractivity contribution in [1.29, 1.82) is 0 Å². The number of benzene rings is 2. The van der Waals surface area contributed by atoms with Crippen molar-refractivity contribution < 1.29 is 33.4 Å². The molecule has 1 aliphatic rings. The number of nitrogens with zero attached hydrogens (tertiary/aromatic N) is 2. The summed E-state index contributed by atoms with van der Waals surface area (Å²) < 4.78 is 16.3. The molecule has 1 aliphatic heterocycles. The molecule has 1 N–H and O–H groups in total. The fourth-order valence-corrected chi connectivity index (χ4v) is 3.25. The summed E-state index contributed by atoms with van der Waals surface area (Å²) in [5.41, 5.74) is 1.56. The number of amides is 1. The van der Waals surface area contributed by atoms with Crippen LogP contribution < -0.4 is 14.4 Å². The highest BCUT2D eigenvalue weighted by Gasteiger charge is 2.28. The first-order valence-electron chi connectivity index (χ1n) is 9.94. The van der Waals surface area contributed by atoms with Gasteiger partial charge in [0.05, 0.1) is 5.69 Å². The van der Waals surface area contributed by atoms with Crippen LogP contribution in [0.1, 0.15) is 39.2 Å². The Morgan fingerprint density at radius 3 is 2.81 bits per heavy atom. The van der Waals surface area contributed by atoms with Crippen LogP contribution in [0.15, 0.2) is 53.1 Å². The maximum Gasteiger partial charge on any atom is 0.357 e. The van der Waals surface area contributed by atoms with Crippen LogP contribution in [0.3, 0.4) is 0 Å². The number of ketones is 1. The summed E-state index contributed by atoms with van der Waals surface area (Å²) in [5.74, 6) is -0.788. The highest BCUT2D eigenvalue weighted by atomic mass is 16.5. The predicted octanol–water partition coefficient (Wildman–Crippen LogP) is 3.12. The molecule has 2 heterocycles. The molecule has 9 heteroatoms. The second-order valence-electron chi connectivity index (χ2n) is 7.10. The number of oxazole rings is 1. The molecule has 0 saturated carbocycles. The molecule has 0 spiro atoms. The number of aromatic nitrogens is 1. The van der Waals surface area contributed by atoms with Crippen molar-refractivity contribution in [3.8, 4) is 11.5 Å². The van der Waals surface area contributed by atoms with E-state index in [1.54, 1.807) is 24.3 Å². The zero-order valence-corrected chi connectivity index (χ0v) is 17.2. The lowest BCUT2D eigenvalue weighted by atomic mass is 10.1. The number of carboxylic acid groups (broad SMARTS) is 1. The highest BCUT2D eigenvalue weighted by Crippen LogP contribution is 2.34. The van der Waals surface area contributed by atoms with Crippen LogP contribution in [0.2, 0.25) is 0 Å². The van der Waals surface area contributed by atoms with Gasteiger partial charge in [0.15, 0.2) is 24.7 Å². The molecule has 3 aromatic rings. The Morgan fingerprint density at radius 1 is 1.22 bits per heavy atom. The molecular weight excluding hydrogens is 416 g/mol. The third kappa shape index (κ3) is 4.46. The van der Waals surface area contributed by atoms with Gasteiger partial charge in [-0.2, -0.15) is 0 Å². The average molecular weight is 436 g/mol. The molecule has 0 atom stereocenters. The van der Waals surface area contributed by atoms with Gasteiger partial charge in [-0.1, -0.05) is 19.1 Å². The second kappa shape index (κ2) is 8.93. The predicted molar refractivity (Wildman–Crippen MR) is 112 cm³/mol. The van der Waals surface area contributed by atoms with E-state index in [2.05, 4.69) is 4.98 Å². The van der Waals surface area contributed by atoms with E-state index in [-0.39, 0.29) is 43.0 Å². The van der Waals surface area contributed by atoms with Crippen molar-refractivity contribution >= 4 is 23.3 Å². The highest BCUT2D eigenvalue weighted by molar-refractivity contribution is 6.02. The van der Waals surface area contributed by atoms with Crippen LogP contribution in [0.5, 0.6) is 11.5 Å². The largest absolute Gasteiger partial charge is 0.485 e. The lowest BCUT2D eigenvalue weighted by Gasteiger charge is -2.28. The van der Waals surface area contributed by atoms with Crippen LogP contribution in [0, 0.1) is 0 Å². The van der Waals surface area contributed by atoms with Gasteiger partial charge in [-0.15, -0.1) is 0 Å². The number of carboxylic acids is 1. The minimum atomic E-state index is -1.23. The molecule has 164 valence electrons. The summed E-state index contributed by atoms with van der Waals surface area (Å²) in [5, 5.41) is 9.00. The molecule has 9 nitrogen and oxygen atoms in total. The number of rotatable bonds is 8. The first-order valence-corrected chi connectivity index (χ1v) is 9.94. The van der Waals surface area contributed by atoms with Crippen molar-refractivity contribution in [2.24, 2.45) is 0 Å². The lowest BCUT2D eigenvalue weighted by Crippen LogP contribution is -2.38. The van der Waals surface area contributed by atoms with Gasteiger partial charge in [0, 0.05) is 5.56 Å². The number of aryl methyl sites for hydroxylation is 1. The Bertz CT molecular complexity index is 1180. The topological polar surface area (TPSA) is 119 Å². The van der Waals surface area contributed by atoms with Gasteiger partial charge in [-0.25, -0.2) is 9.78 Å². The summed E-state index contributed by atoms with van der Waals surface area (Å²) in [4.78, 5) is 41.4. The smallest absolute Gasteiger partial charge is 0.357 e. The third-order valence-corrected chi connectivity index (χ3v) is 4.96. The van der Waals surface area contributed by atoms with E-state index in [0.717, 1.165) is 18.2 Å². The zero-order valence-electron chi connectivity index (χ0n) is 17.2. The van der Waals surface area contributed by atoms with E-state index in [4.69, 9.17) is 19.0 Å². The van der Waals surface area contributed by atoms with Gasteiger partial charge < -0.3 is 19.0 Å². The van der Waals surface area contributed by atoms with Crippen LogP contribution in [-0.2, 0) is 17.8 Å². The quantitative estimate of drug-likeness (QED) is 0.535. The molecule has 0 bridgehead atoms. The molecule has 1 amide bonds. The molecule has 32 heavy (non-hydrogen) atoms. The standard InChI is InChI=1S/C23H20N2O7/c1-2-14-4-3-5-16(8-14)30-12-19(26)15-6-7-20-18(9-15)25(22(27)13-31-20)10-21-24-17(11-32-21)23(28)29/h3-9,11H,2,10,12-13H2,1H3,(H,28,29). The number of aromatic carboxylic acids is 1. The molecule has 0 unspecified atom stereocenters. The van der Waals surface area contributed by atoms with Gasteiger partial charge in [0.1, 0.15) is 24.3 Å². The van der Waals surface area contributed by atoms with Crippen LogP contribution in [0.4, 0.5) is 5.69 Å². The third-order valence-electron chi connectivity index (χ3n) is 4.96. The number of carbonyl (C=O) groups is 3. The molecule has 2 aromatic carbocycles. The van der Waals surface area contributed by atoms with Crippen molar-refractivity contribution in [3.05, 3.63) is 71.4 Å². The number of carbonyl (C=O) groups excluding carboxylic acids is 2. The normalized spacial score (nSPS) is 12.8. The van der Waals surface area contributed by atoms with Gasteiger partial charge in [0.25, 0.3) is 5.91 Å². The van der Waals surface area contributed by atoms with E-state index in [1.165, 1.54) is 4.90 Å². The van der Waals surface area contributed by atoms with Gasteiger partial charge >= 0.3 is 5.97 Å². The van der Waals surface area contributed by atoms with E-state index < -0.39 is 5.97 Å². The van der Waals surface area contributed by atoms with Gasteiger partial charge in [0.2, 0.25) is 5.89 Å². The SMILES string of the molecule is CCc1cccc(OCC(=O)c2ccc3c(c2)N(Cc2nc(C(=O)O)co2)C(=O)CO3)c1. The first-order chi connectivity index (χ1) is 15.4. The maximum atomic E-state index is 12.7. The maximum absolute atomic E-state index is 12.7. The number of Topliss-reactive ketones (excluding diaryl/α,β-unsaturated/α-hetero) is 1. The number of hydrogen-bond donors (Lipinski definition) is 1. The average Bonchev–Trinajstić information content (AvgIpc) is 3.28. The number of fused-ring (bicyclic) bond motifs is 1. The number of hydrogen-bond acceptors (Lipinski definition) is 7. The summed E-state index contributed by atoms with van der Waals surface area (Å²) in [6, 6.07) is 12.3. The summed E-state index contributed by atoms with van der Waals surface area (Å²) in [6.45, 7) is 1.58. The molecule has 0 fully saturated rings. The van der Waals surface area contributed by atoms with Gasteiger partial charge in [-0.3, -0.25) is 14.5 Å². The van der Waals surface area contributed by atoms with Crippen LogP contribution >= 0.6 is 0 Å². The summed E-state index contributed by atoms with van der Waals surface area (Å²) >= 11 is 0. The Hall–Kier alpha value is -4.14. The minimum Gasteiger partial charge on any atom is -0.485 e. The minimum absolute atomic E-state index is 0.0551. The number of ether oxygens (including phenoxy) is 2. The summed E-state index contributed by atoms with van der Waals surface area (Å²) in [7, 11) is 0. The monoisotopic (exact) mass is 436 g/mol. The van der Waals surface area contributed by atoms with Crippen molar-refractivity contribution in [2.75, 3.05) is 18.1 Å². The van der Waals surface area contributed by atoms with E-state index in [1.807, 2.05) is 25.1 Å². The molecule has 0 saturated heterocycles. The van der Waals surface area contributed by atoms with Crippen molar-refractivity contribution in [2.45, 2.75) is 19.9 Å². The first kappa shape index (κ1) is 21.1. The molecule has 0 radical (unpaired) electrons. The number of anilines is 1. The summed E-state index contributed by atoms with van der Waals surface area (Å²) in [6.07, 6.45) is 1.87. The van der Waals surface area contributed by atoms with E-state index in [0.29, 0.717) is 22.7 Å². The second-order valence-corrected chi connectivity index (χ2v) is 7.10. The van der Waals surface area contributed by atoms with Crippen molar-refractivity contribution in [3.63, 3.8) is 0 Å². The molecule has 0 aliphatic carbocycles. The fourth-order valence-electron chi connectivity index (χ4n) is 3.25. The van der Waals surface area contributed by atoms with Crippen LogP contribution in [0.25, 0.3) is 0 Å². The molecule has 4 rings (SSSR count). The Labute approximate surface area is 183 Å². The Kier molecular flexibility index (Phi) is 5.89. The van der Waals surface area contributed by atoms with Crippen LogP contribution in [-0.4, -0.2) is 41.0 Å². The molecule has 1 aromatic heterocycles. The van der Waals surface area contributed by atoms with Gasteiger partial charge in [-0.05, 0) is 42.3 Å². The Balaban J connectivity index is 1.52. The van der Waals surface area contributed by atoms with E-state index >= 15 is 0 Å². The lowest BCUT2D eigenvalue weighted by molar-refractivity contribution is -0.121. The zero-order chi connectivity index (χ0) is 22.7. The molecular formula is C23H20N2O7. The Morgan fingerprint density at radius 2 is 2.06 bits per heavy atom. The fraction of sp³-hybridized carbons (Fsp3) is 0.217. The van der Waals surface area contributed by atoms with Crippen molar-refractivity contribution in [1.82, 2.24) is 4.98 Å².